The van der Waals surface area contributed by atoms with Gasteiger partial charge in [0.25, 0.3) is 0 Å². The van der Waals surface area contributed by atoms with Crippen LogP contribution in [0.3, 0.4) is 0 Å². The Morgan fingerprint density at radius 2 is 1.45 bits per heavy atom. The highest BCUT2D eigenvalue weighted by Crippen LogP contribution is 2.45. The number of hydrogen-bond donors (Lipinski definition) is 1. The van der Waals surface area contributed by atoms with Gasteiger partial charge in [-0.3, -0.25) is 9.59 Å². The Labute approximate surface area is 232 Å². The normalized spacial score (nSPS) is 18.6. The van der Waals surface area contributed by atoms with E-state index in [0.717, 1.165) is 65.0 Å². The van der Waals surface area contributed by atoms with E-state index >= 15 is 0 Å². The number of carbonyl (C=O) groups is 2. The van der Waals surface area contributed by atoms with Gasteiger partial charge in [0, 0.05) is 12.0 Å². The van der Waals surface area contributed by atoms with Gasteiger partial charge in [0.15, 0.2) is 0 Å². The highest BCUT2D eigenvalue weighted by Gasteiger charge is 2.34. The molecule has 1 aliphatic heterocycles. The summed E-state index contributed by atoms with van der Waals surface area (Å²) in [5.41, 5.74) is 9.07. The molecule has 0 spiro atoms. The van der Waals surface area contributed by atoms with Crippen molar-refractivity contribution in [2.24, 2.45) is 23.5 Å². The predicted molar refractivity (Wildman–Crippen MR) is 157 cm³/mol. The van der Waals surface area contributed by atoms with Crippen LogP contribution in [-0.2, 0) is 16.0 Å². The smallest absolute Gasteiger partial charge is 0.311 e. The van der Waals surface area contributed by atoms with Crippen LogP contribution in [0.2, 0.25) is 0 Å². The molecule has 5 nitrogen and oxygen atoms in total. The molecule has 0 saturated heterocycles. The van der Waals surface area contributed by atoms with Gasteiger partial charge in [-0.1, -0.05) is 72.6 Å². The molecule has 0 bridgehead atoms. The maximum Gasteiger partial charge on any atom is 0.311 e. The van der Waals surface area contributed by atoms with Crippen molar-refractivity contribution in [2.45, 2.75) is 144 Å². The second kappa shape index (κ2) is 14.9. The van der Waals surface area contributed by atoms with Gasteiger partial charge in [-0.05, 0) is 87.8 Å². The summed E-state index contributed by atoms with van der Waals surface area (Å²) in [4.78, 5) is 23.3. The fourth-order valence-electron chi connectivity index (χ4n) is 5.80. The topological polar surface area (TPSA) is 78.6 Å². The van der Waals surface area contributed by atoms with E-state index in [2.05, 4.69) is 34.6 Å². The second-order valence-electron chi connectivity index (χ2n) is 12.9. The van der Waals surface area contributed by atoms with Crippen molar-refractivity contribution in [3.63, 3.8) is 0 Å². The van der Waals surface area contributed by atoms with E-state index in [1.165, 1.54) is 51.4 Å². The predicted octanol–water partition coefficient (Wildman–Crippen LogP) is 8.31. The minimum Gasteiger partial charge on any atom is -0.487 e. The summed E-state index contributed by atoms with van der Waals surface area (Å²) in [5, 5.41) is 0. The first-order valence-electron chi connectivity index (χ1n) is 15.1. The third-order valence-electron chi connectivity index (χ3n) is 8.63. The van der Waals surface area contributed by atoms with Crippen molar-refractivity contribution in [1.29, 1.82) is 0 Å². The van der Waals surface area contributed by atoms with Gasteiger partial charge in [0.05, 0.1) is 6.42 Å². The number of benzene rings is 1. The molecule has 216 valence electrons. The number of primary amides is 1. The zero-order chi connectivity index (χ0) is 28.5. The Hall–Kier alpha value is -2.04. The standard InChI is InChI=1S/C33H55NO4/c1-22(2)12-9-13-23(3)14-10-15-24(4)16-11-20-33(8)21-19-28-27(7)31(25(5)26(6)32(28)38-33)37-30(36)18-17-29(34)35/h22-24H,9-21H2,1-8H3,(H2,34,35). The lowest BCUT2D eigenvalue weighted by atomic mass is 9.83. The van der Waals surface area contributed by atoms with Gasteiger partial charge in [-0.2, -0.15) is 0 Å². The van der Waals surface area contributed by atoms with Crippen LogP contribution < -0.4 is 15.2 Å². The van der Waals surface area contributed by atoms with Crippen LogP contribution in [0.1, 0.15) is 134 Å². The van der Waals surface area contributed by atoms with E-state index in [9.17, 15) is 9.59 Å². The molecule has 1 heterocycles. The number of ether oxygens (including phenoxy) is 2. The van der Waals surface area contributed by atoms with Crippen LogP contribution in [0.25, 0.3) is 0 Å². The zero-order valence-electron chi connectivity index (χ0n) is 25.6. The Balaban J connectivity index is 1.87. The number of rotatable bonds is 16. The van der Waals surface area contributed by atoms with Crippen LogP contribution >= 0.6 is 0 Å². The third kappa shape index (κ3) is 9.93. The van der Waals surface area contributed by atoms with Crippen LogP contribution in [0.4, 0.5) is 0 Å². The molecule has 0 aromatic heterocycles. The summed E-state index contributed by atoms with van der Waals surface area (Å²) < 4.78 is 12.4. The van der Waals surface area contributed by atoms with Gasteiger partial charge in [0.2, 0.25) is 5.91 Å². The fraction of sp³-hybridized carbons (Fsp3) is 0.758. The Morgan fingerprint density at radius 3 is 2.03 bits per heavy atom. The van der Waals surface area contributed by atoms with Crippen molar-refractivity contribution in [3.05, 3.63) is 22.3 Å². The molecule has 5 heteroatoms. The summed E-state index contributed by atoms with van der Waals surface area (Å²) in [6, 6.07) is 0. The molecule has 0 radical (unpaired) electrons. The fourth-order valence-corrected chi connectivity index (χ4v) is 5.80. The molecule has 38 heavy (non-hydrogen) atoms. The molecule has 0 aliphatic carbocycles. The molecule has 0 saturated carbocycles. The minimum absolute atomic E-state index is 0.00149. The Kier molecular flexibility index (Phi) is 12.6. The van der Waals surface area contributed by atoms with Gasteiger partial charge < -0.3 is 15.2 Å². The highest BCUT2D eigenvalue weighted by atomic mass is 16.5. The molecule has 3 unspecified atom stereocenters. The number of carbonyl (C=O) groups excluding carboxylic acids is 2. The number of esters is 1. The van der Waals surface area contributed by atoms with Crippen molar-refractivity contribution < 1.29 is 19.1 Å². The number of amides is 1. The summed E-state index contributed by atoms with van der Waals surface area (Å²) in [6.07, 6.45) is 13.5. The van der Waals surface area contributed by atoms with Crippen molar-refractivity contribution in [2.75, 3.05) is 0 Å². The molecule has 3 atom stereocenters. The molecule has 2 rings (SSSR count). The largest absolute Gasteiger partial charge is 0.487 e. The van der Waals surface area contributed by atoms with Crippen LogP contribution in [0.5, 0.6) is 11.5 Å². The van der Waals surface area contributed by atoms with E-state index < -0.39 is 11.9 Å². The molecular formula is C33H55NO4. The SMILES string of the molecule is Cc1c(C)c2c(c(C)c1OC(=O)CCC(N)=O)CCC(C)(CCCC(C)CCCC(C)CCCC(C)C)O2. The van der Waals surface area contributed by atoms with Gasteiger partial charge in [-0.25, -0.2) is 0 Å². The number of nitrogens with two attached hydrogens (primary N) is 1. The van der Waals surface area contributed by atoms with Gasteiger partial charge >= 0.3 is 5.97 Å². The van der Waals surface area contributed by atoms with Gasteiger partial charge in [0.1, 0.15) is 17.1 Å². The van der Waals surface area contributed by atoms with E-state index in [1.54, 1.807) is 0 Å². The molecule has 2 N–H and O–H groups in total. The quantitative estimate of drug-likeness (QED) is 0.172. The highest BCUT2D eigenvalue weighted by molar-refractivity contribution is 5.81. The van der Waals surface area contributed by atoms with E-state index in [0.29, 0.717) is 5.75 Å². The van der Waals surface area contributed by atoms with Crippen LogP contribution in [-0.4, -0.2) is 17.5 Å². The first-order valence-corrected chi connectivity index (χ1v) is 15.1. The average molecular weight is 530 g/mol. The summed E-state index contributed by atoms with van der Waals surface area (Å²) >= 11 is 0. The van der Waals surface area contributed by atoms with E-state index in [1.807, 2.05) is 20.8 Å². The molecular weight excluding hydrogens is 474 g/mol. The lowest BCUT2D eigenvalue weighted by Crippen LogP contribution is -2.37. The number of hydrogen-bond acceptors (Lipinski definition) is 4. The molecule has 1 amide bonds. The summed E-state index contributed by atoms with van der Waals surface area (Å²) in [5.74, 6) is 3.08. The average Bonchev–Trinajstić information content (AvgIpc) is 2.83. The maximum absolute atomic E-state index is 12.3. The van der Waals surface area contributed by atoms with Crippen molar-refractivity contribution in [1.82, 2.24) is 0 Å². The minimum atomic E-state index is -0.499. The lowest BCUT2D eigenvalue weighted by Gasteiger charge is -2.38. The first-order chi connectivity index (χ1) is 17.8. The molecule has 0 fully saturated rings. The molecule has 1 aromatic rings. The van der Waals surface area contributed by atoms with E-state index in [4.69, 9.17) is 15.2 Å². The van der Waals surface area contributed by atoms with Crippen LogP contribution in [0, 0.1) is 38.5 Å². The van der Waals surface area contributed by atoms with Crippen LogP contribution in [0.15, 0.2) is 0 Å². The Morgan fingerprint density at radius 1 is 0.868 bits per heavy atom. The van der Waals surface area contributed by atoms with Gasteiger partial charge in [-0.15, -0.1) is 0 Å². The lowest BCUT2D eigenvalue weighted by molar-refractivity contribution is -0.136. The maximum atomic E-state index is 12.3. The Bertz CT molecular complexity index is 938. The third-order valence-corrected chi connectivity index (χ3v) is 8.63. The van der Waals surface area contributed by atoms with Crippen molar-refractivity contribution in [3.8, 4) is 11.5 Å². The first kappa shape index (κ1) is 32.2. The second-order valence-corrected chi connectivity index (χ2v) is 12.9. The number of fused-ring (bicyclic) bond motifs is 1. The van der Waals surface area contributed by atoms with E-state index in [-0.39, 0.29) is 18.4 Å². The molecule has 1 aliphatic rings. The summed E-state index contributed by atoms with van der Waals surface area (Å²) in [6.45, 7) is 17.7. The molecule has 1 aromatic carbocycles. The monoisotopic (exact) mass is 529 g/mol. The van der Waals surface area contributed by atoms with Crippen molar-refractivity contribution >= 4 is 11.9 Å². The summed E-state index contributed by atoms with van der Waals surface area (Å²) in [7, 11) is 0. The zero-order valence-corrected chi connectivity index (χ0v) is 25.6.